The molecule has 0 saturated heterocycles. The molecule has 2 rings (SSSR count). The Morgan fingerprint density at radius 2 is 2.06 bits per heavy atom. The average molecular weight is 234 g/mol. The highest BCUT2D eigenvalue weighted by Gasteiger charge is 2.35. The van der Waals surface area contributed by atoms with E-state index in [1.54, 1.807) is 13.8 Å². The standard InChI is InChI=1S/C12H14N2O3/c1-6-5-7(2)13-10-8(6)9(14-17-10)12(3,4)11(15)16/h5H,1-4H3,(H,15,16). The van der Waals surface area contributed by atoms with Crippen LogP contribution >= 0.6 is 0 Å². The molecule has 0 aliphatic heterocycles. The molecule has 5 nitrogen and oxygen atoms in total. The maximum absolute atomic E-state index is 11.2. The van der Waals surface area contributed by atoms with Gasteiger partial charge in [0, 0.05) is 5.69 Å². The Kier molecular flexibility index (Phi) is 2.41. The molecular formula is C12H14N2O3. The highest BCUT2D eigenvalue weighted by Crippen LogP contribution is 2.31. The van der Waals surface area contributed by atoms with Crippen molar-refractivity contribution in [2.45, 2.75) is 33.1 Å². The van der Waals surface area contributed by atoms with Crippen LogP contribution in [-0.4, -0.2) is 21.2 Å². The quantitative estimate of drug-likeness (QED) is 0.862. The SMILES string of the molecule is Cc1cc(C)c2c(C(C)(C)C(=O)O)noc2n1. The molecule has 0 bridgehead atoms. The summed E-state index contributed by atoms with van der Waals surface area (Å²) < 4.78 is 5.12. The summed E-state index contributed by atoms with van der Waals surface area (Å²) >= 11 is 0. The molecule has 0 atom stereocenters. The van der Waals surface area contributed by atoms with Crippen molar-refractivity contribution < 1.29 is 14.4 Å². The minimum absolute atomic E-state index is 0.395. The van der Waals surface area contributed by atoms with E-state index in [4.69, 9.17) is 4.52 Å². The number of hydrogen-bond donors (Lipinski definition) is 1. The van der Waals surface area contributed by atoms with Crippen LogP contribution < -0.4 is 0 Å². The predicted octanol–water partition coefficient (Wildman–Crippen LogP) is 2.20. The molecule has 0 unspecified atom stereocenters. The van der Waals surface area contributed by atoms with Crippen molar-refractivity contribution >= 4 is 17.1 Å². The third-order valence-corrected chi connectivity index (χ3v) is 2.90. The Bertz CT molecular complexity index is 599. The van der Waals surface area contributed by atoms with Crippen LogP contribution in [0.3, 0.4) is 0 Å². The van der Waals surface area contributed by atoms with E-state index in [-0.39, 0.29) is 0 Å². The first-order chi connectivity index (χ1) is 7.84. The van der Waals surface area contributed by atoms with Crippen molar-refractivity contribution in [3.8, 4) is 0 Å². The van der Waals surface area contributed by atoms with Crippen LogP contribution in [-0.2, 0) is 10.2 Å². The summed E-state index contributed by atoms with van der Waals surface area (Å²) in [5.41, 5.74) is 1.48. The van der Waals surface area contributed by atoms with Gasteiger partial charge < -0.3 is 9.63 Å². The second-order valence-corrected chi connectivity index (χ2v) is 4.72. The zero-order valence-corrected chi connectivity index (χ0v) is 10.2. The minimum atomic E-state index is -1.09. The van der Waals surface area contributed by atoms with Crippen LogP contribution in [0.1, 0.15) is 30.8 Å². The Morgan fingerprint density at radius 1 is 1.41 bits per heavy atom. The average Bonchev–Trinajstić information content (AvgIpc) is 2.61. The summed E-state index contributed by atoms with van der Waals surface area (Å²) in [6.07, 6.45) is 0. The third-order valence-electron chi connectivity index (χ3n) is 2.90. The Morgan fingerprint density at radius 3 is 2.65 bits per heavy atom. The van der Waals surface area contributed by atoms with Gasteiger partial charge in [-0.05, 0) is 39.3 Å². The Labute approximate surface area is 98.4 Å². The van der Waals surface area contributed by atoms with Gasteiger partial charge in [-0.2, -0.15) is 0 Å². The molecule has 0 amide bonds. The van der Waals surface area contributed by atoms with Crippen molar-refractivity contribution in [1.29, 1.82) is 0 Å². The van der Waals surface area contributed by atoms with Crippen molar-refractivity contribution in [1.82, 2.24) is 10.1 Å². The molecule has 5 heteroatoms. The van der Waals surface area contributed by atoms with Gasteiger partial charge in [0.2, 0.25) is 0 Å². The molecule has 0 fully saturated rings. The largest absolute Gasteiger partial charge is 0.481 e. The van der Waals surface area contributed by atoms with E-state index in [1.165, 1.54) is 0 Å². The second-order valence-electron chi connectivity index (χ2n) is 4.72. The molecule has 2 aromatic rings. The Balaban J connectivity index is 2.77. The summed E-state index contributed by atoms with van der Waals surface area (Å²) in [7, 11) is 0. The first-order valence-corrected chi connectivity index (χ1v) is 5.31. The molecule has 17 heavy (non-hydrogen) atoms. The molecular weight excluding hydrogens is 220 g/mol. The zero-order valence-electron chi connectivity index (χ0n) is 10.2. The fourth-order valence-electron chi connectivity index (χ4n) is 1.82. The zero-order chi connectivity index (χ0) is 12.8. The number of aromatic nitrogens is 2. The summed E-state index contributed by atoms with van der Waals surface area (Å²) in [5, 5.41) is 13.8. The maximum Gasteiger partial charge on any atom is 0.315 e. The molecule has 0 radical (unpaired) electrons. The molecule has 0 aliphatic carbocycles. The smallest absolute Gasteiger partial charge is 0.315 e. The van der Waals surface area contributed by atoms with Crippen molar-refractivity contribution in [3.63, 3.8) is 0 Å². The van der Waals surface area contributed by atoms with E-state index in [9.17, 15) is 9.90 Å². The van der Waals surface area contributed by atoms with E-state index < -0.39 is 11.4 Å². The van der Waals surface area contributed by atoms with Gasteiger partial charge in [0.1, 0.15) is 11.1 Å². The lowest BCUT2D eigenvalue weighted by atomic mass is 9.87. The van der Waals surface area contributed by atoms with Gasteiger partial charge in [-0.25, -0.2) is 4.98 Å². The molecule has 0 aliphatic rings. The summed E-state index contributed by atoms with van der Waals surface area (Å²) in [6.45, 7) is 6.96. The lowest BCUT2D eigenvalue weighted by Gasteiger charge is -2.16. The van der Waals surface area contributed by atoms with Crippen LogP contribution in [0.25, 0.3) is 11.1 Å². The number of carboxylic acids is 1. The third kappa shape index (κ3) is 1.67. The van der Waals surface area contributed by atoms with E-state index >= 15 is 0 Å². The molecule has 0 saturated carbocycles. The van der Waals surface area contributed by atoms with Gasteiger partial charge in [0.25, 0.3) is 5.71 Å². The van der Waals surface area contributed by atoms with Crippen molar-refractivity contribution in [3.05, 3.63) is 23.0 Å². The number of pyridine rings is 1. The number of carboxylic acid groups (broad SMARTS) is 1. The van der Waals surface area contributed by atoms with Gasteiger partial charge in [-0.1, -0.05) is 5.16 Å². The highest BCUT2D eigenvalue weighted by molar-refractivity contribution is 5.89. The van der Waals surface area contributed by atoms with E-state index in [2.05, 4.69) is 10.1 Å². The number of fused-ring (bicyclic) bond motifs is 1. The number of nitrogens with zero attached hydrogens (tertiary/aromatic N) is 2. The van der Waals surface area contributed by atoms with Gasteiger partial charge in [-0.15, -0.1) is 0 Å². The lowest BCUT2D eigenvalue weighted by molar-refractivity contribution is -0.142. The number of aliphatic carboxylic acids is 1. The van der Waals surface area contributed by atoms with E-state index in [0.29, 0.717) is 16.8 Å². The van der Waals surface area contributed by atoms with Gasteiger partial charge in [0.15, 0.2) is 0 Å². The molecule has 0 spiro atoms. The maximum atomic E-state index is 11.2. The topological polar surface area (TPSA) is 76.2 Å². The summed E-state index contributed by atoms with van der Waals surface area (Å²) in [5.74, 6) is -0.937. The number of aryl methyl sites for hydroxylation is 2. The van der Waals surface area contributed by atoms with E-state index in [1.807, 2.05) is 19.9 Å². The van der Waals surface area contributed by atoms with Crippen molar-refractivity contribution in [2.24, 2.45) is 0 Å². The van der Waals surface area contributed by atoms with Gasteiger partial charge >= 0.3 is 5.97 Å². The first kappa shape index (κ1) is 11.6. The second kappa shape index (κ2) is 3.55. The fourth-order valence-corrected chi connectivity index (χ4v) is 1.82. The monoisotopic (exact) mass is 234 g/mol. The van der Waals surface area contributed by atoms with Crippen LogP contribution in [0.4, 0.5) is 0 Å². The van der Waals surface area contributed by atoms with Crippen LogP contribution in [0.5, 0.6) is 0 Å². The highest BCUT2D eigenvalue weighted by atomic mass is 16.5. The molecule has 2 heterocycles. The first-order valence-electron chi connectivity index (χ1n) is 5.31. The molecule has 2 aromatic heterocycles. The number of hydrogen-bond acceptors (Lipinski definition) is 4. The van der Waals surface area contributed by atoms with Crippen LogP contribution in [0, 0.1) is 13.8 Å². The fraction of sp³-hybridized carbons (Fsp3) is 0.417. The summed E-state index contributed by atoms with van der Waals surface area (Å²) in [6, 6.07) is 1.89. The van der Waals surface area contributed by atoms with Gasteiger partial charge in [-0.3, -0.25) is 4.79 Å². The normalized spacial score (nSPS) is 12.0. The molecule has 1 N–H and O–H groups in total. The Hall–Kier alpha value is -1.91. The molecule has 90 valence electrons. The predicted molar refractivity (Wildman–Crippen MR) is 61.9 cm³/mol. The van der Waals surface area contributed by atoms with Crippen LogP contribution in [0.15, 0.2) is 10.6 Å². The minimum Gasteiger partial charge on any atom is -0.481 e. The number of carbonyl (C=O) groups is 1. The lowest BCUT2D eigenvalue weighted by Crippen LogP contribution is -2.29. The molecule has 0 aromatic carbocycles. The van der Waals surface area contributed by atoms with Crippen LogP contribution in [0.2, 0.25) is 0 Å². The number of rotatable bonds is 2. The van der Waals surface area contributed by atoms with Crippen molar-refractivity contribution in [2.75, 3.05) is 0 Å². The van der Waals surface area contributed by atoms with Gasteiger partial charge in [0.05, 0.1) is 5.39 Å². The van der Waals surface area contributed by atoms with E-state index in [0.717, 1.165) is 11.3 Å². The summed E-state index contributed by atoms with van der Waals surface area (Å²) in [4.78, 5) is 15.4.